The molecule has 1 N–H and O–H groups in total. The van der Waals surface area contributed by atoms with Crippen LogP contribution in [0.3, 0.4) is 0 Å². The lowest BCUT2D eigenvalue weighted by atomic mass is 10.1. The lowest BCUT2D eigenvalue weighted by molar-refractivity contribution is 0.207. The molecule has 2 fully saturated rings. The first kappa shape index (κ1) is 13.0. The van der Waals surface area contributed by atoms with Gasteiger partial charge in [-0.15, -0.1) is 0 Å². The molecule has 0 amide bonds. The van der Waals surface area contributed by atoms with Gasteiger partial charge in [0, 0.05) is 12.6 Å². The predicted molar refractivity (Wildman–Crippen MR) is 78.7 cm³/mol. The van der Waals surface area contributed by atoms with Gasteiger partial charge in [-0.25, -0.2) is 0 Å². The molecule has 0 atom stereocenters. The Bertz CT molecular complexity index is 422. The van der Waals surface area contributed by atoms with Gasteiger partial charge in [0.05, 0.1) is 6.10 Å². The molecule has 1 aromatic carbocycles. The van der Waals surface area contributed by atoms with Crippen molar-refractivity contribution in [3.63, 3.8) is 0 Å². The quantitative estimate of drug-likeness (QED) is 0.866. The molecule has 104 valence electrons. The molecule has 2 aliphatic rings. The highest BCUT2D eigenvalue weighted by atomic mass is 16.5. The van der Waals surface area contributed by atoms with Crippen LogP contribution in [0, 0.1) is 13.8 Å². The molecule has 0 heterocycles. The van der Waals surface area contributed by atoms with Crippen LogP contribution < -0.4 is 10.1 Å². The number of hydrogen-bond donors (Lipinski definition) is 1. The minimum absolute atomic E-state index is 0.452. The monoisotopic (exact) mass is 259 g/mol. The molecule has 1 aromatic rings. The van der Waals surface area contributed by atoms with Gasteiger partial charge in [0.15, 0.2) is 0 Å². The Morgan fingerprint density at radius 1 is 1.05 bits per heavy atom. The highest BCUT2D eigenvalue weighted by molar-refractivity contribution is 5.43. The summed E-state index contributed by atoms with van der Waals surface area (Å²) < 4.78 is 6.21. The Morgan fingerprint density at radius 2 is 1.68 bits per heavy atom. The number of rotatable bonds is 5. The smallest absolute Gasteiger partial charge is 0.125 e. The first-order valence-electron chi connectivity index (χ1n) is 7.72. The van der Waals surface area contributed by atoms with Crippen LogP contribution in [0.5, 0.6) is 5.75 Å². The van der Waals surface area contributed by atoms with Gasteiger partial charge in [0.25, 0.3) is 0 Å². The van der Waals surface area contributed by atoms with Gasteiger partial charge in [-0.2, -0.15) is 0 Å². The highest BCUT2D eigenvalue weighted by Crippen LogP contribution is 2.30. The summed E-state index contributed by atoms with van der Waals surface area (Å²) in [6, 6.07) is 5.34. The maximum atomic E-state index is 6.21. The number of benzene rings is 1. The summed E-state index contributed by atoms with van der Waals surface area (Å²) in [6.07, 6.45) is 8.25. The first-order chi connectivity index (χ1) is 9.22. The summed E-state index contributed by atoms with van der Waals surface area (Å²) in [4.78, 5) is 0. The maximum absolute atomic E-state index is 6.21. The second-order valence-corrected chi connectivity index (χ2v) is 6.24. The van der Waals surface area contributed by atoms with E-state index in [9.17, 15) is 0 Å². The Hall–Kier alpha value is -1.02. The zero-order chi connectivity index (χ0) is 13.2. The second-order valence-electron chi connectivity index (χ2n) is 6.24. The molecule has 2 heteroatoms. The SMILES string of the molecule is Cc1cc(CNC2CC2)cc(C)c1OC1CCCC1. The fourth-order valence-corrected chi connectivity index (χ4v) is 3.05. The standard InChI is InChI=1S/C17H25NO/c1-12-9-14(11-18-15-7-8-15)10-13(2)17(12)19-16-5-3-4-6-16/h9-10,15-16,18H,3-8,11H2,1-2H3. The van der Waals surface area contributed by atoms with Gasteiger partial charge < -0.3 is 10.1 Å². The normalized spacial score (nSPS) is 19.9. The third kappa shape index (κ3) is 3.30. The molecule has 0 aliphatic heterocycles. The number of ether oxygens (including phenoxy) is 1. The Morgan fingerprint density at radius 3 is 2.26 bits per heavy atom. The summed E-state index contributed by atoms with van der Waals surface area (Å²) in [5.41, 5.74) is 3.97. The molecule has 3 rings (SSSR count). The van der Waals surface area contributed by atoms with Gasteiger partial charge in [0.1, 0.15) is 5.75 Å². The van der Waals surface area contributed by atoms with E-state index < -0.39 is 0 Å². The molecular formula is C17H25NO. The van der Waals surface area contributed by atoms with E-state index in [0.717, 1.165) is 18.3 Å². The van der Waals surface area contributed by atoms with Crippen LogP contribution in [-0.4, -0.2) is 12.1 Å². The van der Waals surface area contributed by atoms with Gasteiger partial charge in [-0.05, 0) is 69.1 Å². The van der Waals surface area contributed by atoms with Crippen molar-refractivity contribution < 1.29 is 4.74 Å². The van der Waals surface area contributed by atoms with Crippen molar-refractivity contribution in [1.29, 1.82) is 0 Å². The van der Waals surface area contributed by atoms with Gasteiger partial charge in [0.2, 0.25) is 0 Å². The van der Waals surface area contributed by atoms with E-state index in [1.807, 2.05) is 0 Å². The summed E-state index contributed by atoms with van der Waals surface area (Å²) in [5.74, 6) is 1.13. The van der Waals surface area contributed by atoms with Crippen LogP contribution in [0.1, 0.15) is 55.2 Å². The molecule has 0 spiro atoms. The number of hydrogen-bond acceptors (Lipinski definition) is 2. The van der Waals surface area contributed by atoms with Crippen LogP contribution >= 0.6 is 0 Å². The lowest BCUT2D eigenvalue weighted by Gasteiger charge is -2.18. The van der Waals surface area contributed by atoms with E-state index in [1.165, 1.54) is 55.2 Å². The zero-order valence-electron chi connectivity index (χ0n) is 12.2. The average molecular weight is 259 g/mol. The Balaban J connectivity index is 1.68. The Labute approximate surface area is 116 Å². The average Bonchev–Trinajstić information content (AvgIpc) is 3.07. The van der Waals surface area contributed by atoms with Crippen LogP contribution in [0.15, 0.2) is 12.1 Å². The summed E-state index contributed by atoms with van der Waals surface area (Å²) in [5, 5.41) is 3.58. The Kier molecular flexibility index (Phi) is 3.79. The van der Waals surface area contributed by atoms with Crippen molar-refractivity contribution in [2.75, 3.05) is 0 Å². The molecule has 2 saturated carbocycles. The summed E-state index contributed by atoms with van der Waals surface area (Å²) in [6.45, 7) is 5.35. The maximum Gasteiger partial charge on any atom is 0.125 e. The van der Waals surface area contributed by atoms with Crippen molar-refractivity contribution in [3.8, 4) is 5.75 Å². The zero-order valence-corrected chi connectivity index (χ0v) is 12.2. The molecule has 0 unspecified atom stereocenters. The van der Waals surface area contributed by atoms with Gasteiger partial charge >= 0.3 is 0 Å². The molecule has 0 aromatic heterocycles. The van der Waals surface area contributed by atoms with Crippen LogP contribution in [0.2, 0.25) is 0 Å². The molecule has 0 saturated heterocycles. The first-order valence-corrected chi connectivity index (χ1v) is 7.72. The lowest BCUT2D eigenvalue weighted by Crippen LogP contribution is -2.16. The van der Waals surface area contributed by atoms with Crippen molar-refractivity contribution in [2.45, 2.75) is 71.1 Å². The molecule has 2 nitrogen and oxygen atoms in total. The third-order valence-electron chi connectivity index (χ3n) is 4.28. The molecule has 0 radical (unpaired) electrons. The van der Waals surface area contributed by atoms with Crippen molar-refractivity contribution in [3.05, 3.63) is 28.8 Å². The minimum atomic E-state index is 0.452. The molecule has 2 aliphatic carbocycles. The largest absolute Gasteiger partial charge is 0.490 e. The minimum Gasteiger partial charge on any atom is -0.490 e. The predicted octanol–water partition coefficient (Wildman–Crippen LogP) is 3.88. The third-order valence-corrected chi connectivity index (χ3v) is 4.28. The topological polar surface area (TPSA) is 21.3 Å². The number of nitrogens with one attached hydrogen (secondary N) is 1. The van der Waals surface area contributed by atoms with Crippen molar-refractivity contribution >= 4 is 0 Å². The summed E-state index contributed by atoms with van der Waals surface area (Å²) >= 11 is 0. The van der Waals surface area contributed by atoms with Gasteiger partial charge in [-0.1, -0.05) is 12.1 Å². The van der Waals surface area contributed by atoms with E-state index in [2.05, 4.69) is 31.3 Å². The molecule has 19 heavy (non-hydrogen) atoms. The van der Waals surface area contributed by atoms with E-state index in [0.29, 0.717) is 6.10 Å². The second kappa shape index (κ2) is 5.54. The van der Waals surface area contributed by atoms with Crippen LogP contribution in [0.4, 0.5) is 0 Å². The van der Waals surface area contributed by atoms with Crippen molar-refractivity contribution in [2.24, 2.45) is 0 Å². The highest BCUT2D eigenvalue weighted by Gasteiger charge is 2.21. The van der Waals surface area contributed by atoms with E-state index >= 15 is 0 Å². The van der Waals surface area contributed by atoms with Crippen molar-refractivity contribution in [1.82, 2.24) is 5.32 Å². The molecule has 0 bridgehead atoms. The van der Waals surface area contributed by atoms with Crippen LogP contribution in [-0.2, 0) is 6.54 Å². The molecular weight excluding hydrogens is 234 g/mol. The number of aryl methyl sites for hydroxylation is 2. The van der Waals surface area contributed by atoms with Crippen LogP contribution in [0.25, 0.3) is 0 Å². The van der Waals surface area contributed by atoms with E-state index in [1.54, 1.807) is 0 Å². The van der Waals surface area contributed by atoms with Gasteiger partial charge in [-0.3, -0.25) is 0 Å². The summed E-state index contributed by atoms with van der Waals surface area (Å²) in [7, 11) is 0. The van der Waals surface area contributed by atoms with E-state index in [-0.39, 0.29) is 0 Å². The fraction of sp³-hybridized carbons (Fsp3) is 0.647. The van der Waals surface area contributed by atoms with E-state index in [4.69, 9.17) is 4.74 Å². The fourth-order valence-electron chi connectivity index (χ4n) is 3.05.